The smallest absolute Gasteiger partial charge is 0.241 e. The lowest BCUT2D eigenvalue weighted by Gasteiger charge is -2.26. The Morgan fingerprint density at radius 3 is 2.95 bits per heavy atom. The molecule has 3 atom stereocenters. The molecule has 3 nitrogen and oxygen atoms in total. The molecule has 0 bridgehead atoms. The SMILES string of the molecule is CCCCC1NC(c2cccs2)N(CC(C)CSC)C1=O. The molecule has 0 radical (unpaired) electrons. The summed E-state index contributed by atoms with van der Waals surface area (Å²) in [7, 11) is 0. The molecule has 5 heteroatoms. The Balaban J connectivity index is 2.10. The number of amides is 1. The second-order valence-electron chi connectivity index (χ2n) is 5.83. The van der Waals surface area contributed by atoms with Crippen molar-refractivity contribution in [2.75, 3.05) is 18.6 Å². The minimum absolute atomic E-state index is 0.00136. The van der Waals surface area contributed by atoms with Crippen molar-refractivity contribution < 1.29 is 4.79 Å². The van der Waals surface area contributed by atoms with E-state index in [0.29, 0.717) is 5.92 Å². The molecular weight excluding hydrogens is 300 g/mol. The van der Waals surface area contributed by atoms with Gasteiger partial charge in [0.1, 0.15) is 6.17 Å². The molecule has 0 aromatic carbocycles. The van der Waals surface area contributed by atoms with Gasteiger partial charge in [-0.2, -0.15) is 11.8 Å². The van der Waals surface area contributed by atoms with Crippen LogP contribution in [0, 0.1) is 5.92 Å². The number of hydrogen-bond donors (Lipinski definition) is 1. The first-order valence-electron chi connectivity index (χ1n) is 7.76. The summed E-state index contributed by atoms with van der Waals surface area (Å²) in [5, 5.41) is 5.64. The van der Waals surface area contributed by atoms with Gasteiger partial charge in [-0.3, -0.25) is 10.1 Å². The Kier molecular flexibility index (Phi) is 6.58. The van der Waals surface area contributed by atoms with Crippen LogP contribution in [0.5, 0.6) is 0 Å². The van der Waals surface area contributed by atoms with Crippen LogP contribution in [-0.2, 0) is 4.79 Å². The van der Waals surface area contributed by atoms with E-state index in [0.717, 1.165) is 31.6 Å². The lowest BCUT2D eigenvalue weighted by molar-refractivity contribution is -0.130. The average molecular weight is 327 g/mol. The number of unbranched alkanes of at least 4 members (excludes halogenated alkanes) is 1. The molecule has 1 N–H and O–H groups in total. The summed E-state index contributed by atoms with van der Waals surface area (Å²) < 4.78 is 0. The molecule has 1 aliphatic heterocycles. The maximum Gasteiger partial charge on any atom is 0.241 e. The Hall–Kier alpha value is -0.520. The summed E-state index contributed by atoms with van der Waals surface area (Å²) in [6.07, 6.45) is 5.39. The lowest BCUT2D eigenvalue weighted by Crippen LogP contribution is -2.35. The summed E-state index contributed by atoms with van der Waals surface area (Å²) in [4.78, 5) is 16.0. The van der Waals surface area contributed by atoms with Crippen molar-refractivity contribution in [2.45, 2.75) is 45.3 Å². The summed E-state index contributed by atoms with van der Waals surface area (Å²) in [5.41, 5.74) is 0. The Morgan fingerprint density at radius 1 is 1.52 bits per heavy atom. The van der Waals surface area contributed by atoms with E-state index in [-0.39, 0.29) is 18.1 Å². The Bertz CT molecular complexity index is 435. The van der Waals surface area contributed by atoms with E-state index in [9.17, 15) is 4.79 Å². The third kappa shape index (κ3) is 4.24. The Labute approximate surface area is 136 Å². The summed E-state index contributed by atoms with van der Waals surface area (Å²) in [6.45, 7) is 5.25. The number of hydrogen-bond acceptors (Lipinski definition) is 4. The maximum atomic E-state index is 12.7. The standard InChI is InChI=1S/C16H26N2OS2/c1-4-5-7-13-16(19)18(10-12(2)11-20-3)15(17-13)14-8-6-9-21-14/h6,8-9,12-13,15,17H,4-5,7,10-11H2,1-3H3. The highest BCUT2D eigenvalue weighted by atomic mass is 32.2. The first kappa shape index (κ1) is 16.8. The number of thioether (sulfide) groups is 1. The molecule has 2 rings (SSSR count). The van der Waals surface area contributed by atoms with E-state index < -0.39 is 0 Å². The third-order valence-electron chi connectivity index (χ3n) is 3.87. The Morgan fingerprint density at radius 2 is 2.33 bits per heavy atom. The van der Waals surface area contributed by atoms with E-state index in [1.165, 1.54) is 4.88 Å². The minimum Gasteiger partial charge on any atom is -0.320 e. The number of carbonyl (C=O) groups excluding carboxylic acids is 1. The number of rotatable bonds is 8. The summed E-state index contributed by atoms with van der Waals surface area (Å²) >= 11 is 3.58. The second kappa shape index (κ2) is 8.20. The van der Waals surface area contributed by atoms with Crippen molar-refractivity contribution in [3.63, 3.8) is 0 Å². The fraction of sp³-hybridized carbons (Fsp3) is 0.688. The zero-order valence-electron chi connectivity index (χ0n) is 13.2. The van der Waals surface area contributed by atoms with Gasteiger partial charge in [-0.25, -0.2) is 0 Å². The first-order valence-corrected chi connectivity index (χ1v) is 10.0. The van der Waals surface area contributed by atoms with E-state index in [4.69, 9.17) is 0 Å². The predicted molar refractivity (Wildman–Crippen MR) is 92.8 cm³/mol. The van der Waals surface area contributed by atoms with E-state index >= 15 is 0 Å². The number of thiophene rings is 1. The van der Waals surface area contributed by atoms with Crippen LogP contribution in [0.15, 0.2) is 17.5 Å². The highest BCUT2D eigenvalue weighted by Crippen LogP contribution is 2.31. The molecule has 2 heterocycles. The maximum absolute atomic E-state index is 12.7. The molecule has 1 fully saturated rings. The van der Waals surface area contributed by atoms with Crippen molar-refractivity contribution in [3.8, 4) is 0 Å². The van der Waals surface area contributed by atoms with E-state index in [2.05, 4.69) is 47.8 Å². The van der Waals surface area contributed by atoms with Crippen molar-refractivity contribution in [2.24, 2.45) is 5.92 Å². The van der Waals surface area contributed by atoms with E-state index in [1.807, 2.05) is 11.8 Å². The van der Waals surface area contributed by atoms with Crippen LogP contribution in [-0.4, -0.2) is 35.4 Å². The van der Waals surface area contributed by atoms with E-state index in [1.54, 1.807) is 11.3 Å². The molecule has 3 unspecified atom stereocenters. The van der Waals surface area contributed by atoms with Crippen LogP contribution in [0.1, 0.15) is 44.2 Å². The molecule has 0 saturated carbocycles. The fourth-order valence-corrected chi connectivity index (χ4v) is 4.32. The first-order chi connectivity index (χ1) is 10.2. The van der Waals surface area contributed by atoms with Crippen molar-refractivity contribution >= 4 is 29.0 Å². The normalized spacial score (nSPS) is 23.8. The molecule has 1 amide bonds. The highest BCUT2D eigenvalue weighted by Gasteiger charge is 2.39. The summed E-state index contributed by atoms with van der Waals surface area (Å²) in [5.74, 6) is 1.91. The molecule has 1 aromatic rings. The van der Waals surface area contributed by atoms with Gasteiger partial charge in [0.25, 0.3) is 0 Å². The average Bonchev–Trinajstić information content (AvgIpc) is 3.07. The predicted octanol–water partition coefficient (Wildman–Crippen LogP) is 3.74. The van der Waals surface area contributed by atoms with Gasteiger partial charge >= 0.3 is 0 Å². The van der Waals surface area contributed by atoms with Crippen LogP contribution < -0.4 is 5.32 Å². The number of nitrogens with one attached hydrogen (secondary N) is 1. The van der Waals surface area contributed by atoms with Gasteiger partial charge in [-0.1, -0.05) is 32.8 Å². The quantitative estimate of drug-likeness (QED) is 0.790. The monoisotopic (exact) mass is 326 g/mol. The zero-order chi connectivity index (χ0) is 15.2. The molecule has 0 aliphatic carbocycles. The van der Waals surface area contributed by atoms with Crippen molar-refractivity contribution in [1.82, 2.24) is 10.2 Å². The molecule has 1 saturated heterocycles. The van der Waals surface area contributed by atoms with Gasteiger partial charge in [0.15, 0.2) is 0 Å². The van der Waals surface area contributed by atoms with Crippen LogP contribution in [0.4, 0.5) is 0 Å². The lowest BCUT2D eigenvalue weighted by atomic mass is 10.1. The largest absolute Gasteiger partial charge is 0.320 e. The fourth-order valence-electron chi connectivity index (χ4n) is 2.85. The topological polar surface area (TPSA) is 32.3 Å². The van der Waals surface area contributed by atoms with Crippen LogP contribution in [0.3, 0.4) is 0 Å². The summed E-state index contributed by atoms with van der Waals surface area (Å²) in [6, 6.07) is 4.19. The molecular formula is C16H26N2OS2. The van der Waals surface area contributed by atoms with Gasteiger partial charge in [0.05, 0.1) is 6.04 Å². The van der Waals surface area contributed by atoms with Gasteiger partial charge < -0.3 is 4.90 Å². The highest BCUT2D eigenvalue weighted by molar-refractivity contribution is 7.98. The van der Waals surface area contributed by atoms with Crippen molar-refractivity contribution in [3.05, 3.63) is 22.4 Å². The van der Waals surface area contributed by atoms with Gasteiger partial charge in [0.2, 0.25) is 5.91 Å². The molecule has 118 valence electrons. The number of nitrogens with zero attached hydrogens (tertiary/aromatic N) is 1. The zero-order valence-corrected chi connectivity index (χ0v) is 14.8. The molecule has 0 spiro atoms. The van der Waals surface area contributed by atoms with Gasteiger partial charge in [0, 0.05) is 11.4 Å². The van der Waals surface area contributed by atoms with Crippen LogP contribution >= 0.6 is 23.1 Å². The minimum atomic E-state index is -0.00136. The molecule has 1 aromatic heterocycles. The van der Waals surface area contributed by atoms with Gasteiger partial charge in [-0.15, -0.1) is 11.3 Å². The third-order valence-corrected chi connectivity index (χ3v) is 5.70. The van der Waals surface area contributed by atoms with Crippen LogP contribution in [0.2, 0.25) is 0 Å². The molecule has 21 heavy (non-hydrogen) atoms. The second-order valence-corrected chi connectivity index (χ2v) is 7.72. The number of carbonyl (C=O) groups is 1. The van der Waals surface area contributed by atoms with Crippen molar-refractivity contribution in [1.29, 1.82) is 0 Å². The molecule has 1 aliphatic rings. The van der Waals surface area contributed by atoms with Gasteiger partial charge in [-0.05, 0) is 35.8 Å². The van der Waals surface area contributed by atoms with Crippen LogP contribution in [0.25, 0.3) is 0 Å².